The summed E-state index contributed by atoms with van der Waals surface area (Å²) in [4.78, 5) is 23.8. The maximum atomic E-state index is 12.0. The molecule has 2 rings (SSSR count). The van der Waals surface area contributed by atoms with Crippen molar-refractivity contribution in [2.24, 2.45) is 0 Å². The van der Waals surface area contributed by atoms with Crippen molar-refractivity contribution in [1.82, 2.24) is 0 Å². The summed E-state index contributed by atoms with van der Waals surface area (Å²) >= 11 is 3.09. The minimum Gasteiger partial charge on any atom is -0.497 e. The Morgan fingerprint density at radius 3 is 2.68 bits per heavy atom. The molecule has 0 radical (unpaired) electrons. The van der Waals surface area contributed by atoms with Gasteiger partial charge >= 0.3 is 5.97 Å². The summed E-state index contributed by atoms with van der Waals surface area (Å²) < 4.78 is 15.6. The molecule has 1 aromatic heterocycles. The van der Waals surface area contributed by atoms with Gasteiger partial charge in [0.15, 0.2) is 10.8 Å². The molecule has 0 aliphatic rings. The lowest BCUT2D eigenvalue weighted by atomic mass is 10.3. The van der Waals surface area contributed by atoms with Gasteiger partial charge in [-0.15, -0.1) is 0 Å². The van der Waals surface area contributed by atoms with Crippen molar-refractivity contribution in [3.05, 3.63) is 46.8 Å². The standard InChI is InChI=1S/C15H14BrNO5/c1-9(21-15(19)12-6-7-13(16)22-12)14(18)17-10-4-3-5-11(8-10)20-2/h3-9H,1-2H3,(H,17,18). The van der Waals surface area contributed by atoms with E-state index in [1.807, 2.05) is 0 Å². The van der Waals surface area contributed by atoms with E-state index in [1.54, 1.807) is 30.3 Å². The molecule has 0 saturated carbocycles. The molecule has 1 amide bonds. The summed E-state index contributed by atoms with van der Waals surface area (Å²) in [6.07, 6.45) is -0.970. The largest absolute Gasteiger partial charge is 0.497 e. The van der Waals surface area contributed by atoms with Crippen LogP contribution in [0.2, 0.25) is 0 Å². The molecular formula is C15H14BrNO5. The Balaban J connectivity index is 1.95. The first-order valence-electron chi connectivity index (χ1n) is 6.41. The van der Waals surface area contributed by atoms with Crippen LogP contribution in [0, 0.1) is 0 Å². The zero-order valence-electron chi connectivity index (χ0n) is 12.0. The van der Waals surface area contributed by atoms with Crippen LogP contribution < -0.4 is 10.1 Å². The molecule has 22 heavy (non-hydrogen) atoms. The predicted molar refractivity (Wildman–Crippen MR) is 82.9 cm³/mol. The van der Waals surface area contributed by atoms with Gasteiger partial charge in [-0.25, -0.2) is 4.79 Å². The van der Waals surface area contributed by atoms with E-state index >= 15 is 0 Å². The number of hydrogen-bond acceptors (Lipinski definition) is 5. The van der Waals surface area contributed by atoms with Crippen molar-refractivity contribution in [1.29, 1.82) is 0 Å². The lowest BCUT2D eigenvalue weighted by Crippen LogP contribution is -2.29. The van der Waals surface area contributed by atoms with Crippen LogP contribution in [0.1, 0.15) is 17.5 Å². The van der Waals surface area contributed by atoms with Gasteiger partial charge in [-0.2, -0.15) is 0 Å². The van der Waals surface area contributed by atoms with Crippen LogP contribution >= 0.6 is 15.9 Å². The van der Waals surface area contributed by atoms with Crippen molar-refractivity contribution in [2.75, 3.05) is 12.4 Å². The number of carbonyl (C=O) groups is 2. The van der Waals surface area contributed by atoms with Crippen LogP contribution in [0.25, 0.3) is 0 Å². The van der Waals surface area contributed by atoms with E-state index in [-0.39, 0.29) is 5.76 Å². The highest BCUT2D eigenvalue weighted by atomic mass is 79.9. The topological polar surface area (TPSA) is 77.8 Å². The van der Waals surface area contributed by atoms with Gasteiger partial charge in [0.1, 0.15) is 5.75 Å². The lowest BCUT2D eigenvalue weighted by molar-refractivity contribution is -0.123. The fourth-order valence-corrected chi connectivity index (χ4v) is 1.95. The van der Waals surface area contributed by atoms with Gasteiger partial charge in [-0.05, 0) is 47.1 Å². The Labute approximate surface area is 135 Å². The van der Waals surface area contributed by atoms with Crippen molar-refractivity contribution in [2.45, 2.75) is 13.0 Å². The minimum atomic E-state index is -0.970. The van der Waals surface area contributed by atoms with Crippen LogP contribution in [-0.2, 0) is 9.53 Å². The van der Waals surface area contributed by atoms with E-state index in [4.69, 9.17) is 13.9 Å². The predicted octanol–water partition coefficient (Wildman–Crippen LogP) is 3.23. The third kappa shape index (κ3) is 4.11. The monoisotopic (exact) mass is 367 g/mol. The molecule has 0 saturated heterocycles. The first-order valence-corrected chi connectivity index (χ1v) is 7.20. The molecule has 0 spiro atoms. The van der Waals surface area contributed by atoms with E-state index in [0.717, 1.165) is 0 Å². The second-order valence-electron chi connectivity index (χ2n) is 4.37. The highest BCUT2D eigenvalue weighted by molar-refractivity contribution is 9.10. The Bertz CT molecular complexity index is 682. The molecule has 1 N–H and O–H groups in total. The average Bonchev–Trinajstić information content (AvgIpc) is 2.94. The van der Waals surface area contributed by atoms with Gasteiger partial charge < -0.3 is 19.2 Å². The molecule has 2 aromatic rings. The van der Waals surface area contributed by atoms with E-state index in [0.29, 0.717) is 16.1 Å². The maximum absolute atomic E-state index is 12.0. The van der Waals surface area contributed by atoms with Crippen molar-refractivity contribution in [3.8, 4) is 5.75 Å². The number of nitrogens with one attached hydrogen (secondary N) is 1. The van der Waals surface area contributed by atoms with E-state index < -0.39 is 18.0 Å². The number of carbonyl (C=O) groups excluding carboxylic acids is 2. The first kappa shape index (κ1) is 16.1. The Morgan fingerprint density at radius 2 is 2.05 bits per heavy atom. The van der Waals surface area contributed by atoms with Gasteiger partial charge in [-0.3, -0.25) is 4.79 Å². The van der Waals surface area contributed by atoms with Crippen LogP contribution in [0.5, 0.6) is 5.75 Å². The minimum absolute atomic E-state index is 0.0212. The first-order chi connectivity index (χ1) is 10.5. The summed E-state index contributed by atoms with van der Waals surface area (Å²) in [7, 11) is 1.53. The fraction of sp³-hybridized carbons (Fsp3) is 0.200. The summed E-state index contributed by atoms with van der Waals surface area (Å²) in [6.45, 7) is 1.48. The Morgan fingerprint density at radius 1 is 1.27 bits per heavy atom. The summed E-state index contributed by atoms with van der Waals surface area (Å²) in [5.41, 5.74) is 0.549. The molecule has 0 fully saturated rings. The van der Waals surface area contributed by atoms with Crippen LogP contribution in [0.15, 0.2) is 45.5 Å². The zero-order valence-corrected chi connectivity index (χ0v) is 13.5. The number of furan rings is 1. The second kappa shape index (κ2) is 7.13. The maximum Gasteiger partial charge on any atom is 0.375 e. The third-order valence-electron chi connectivity index (χ3n) is 2.76. The molecule has 0 bridgehead atoms. The SMILES string of the molecule is COc1cccc(NC(=O)C(C)OC(=O)c2ccc(Br)o2)c1. The number of methoxy groups -OCH3 is 1. The fourth-order valence-electron chi connectivity index (χ4n) is 1.64. The molecule has 7 heteroatoms. The zero-order chi connectivity index (χ0) is 16.1. The van der Waals surface area contributed by atoms with Gasteiger partial charge in [0.25, 0.3) is 5.91 Å². The number of hydrogen-bond donors (Lipinski definition) is 1. The molecule has 1 heterocycles. The number of halogens is 1. The highest BCUT2D eigenvalue weighted by Crippen LogP contribution is 2.18. The van der Waals surface area contributed by atoms with E-state index in [2.05, 4.69) is 21.2 Å². The van der Waals surface area contributed by atoms with Crippen LogP contribution in [0.3, 0.4) is 0 Å². The number of amides is 1. The molecule has 1 atom stereocenters. The van der Waals surface area contributed by atoms with E-state index in [9.17, 15) is 9.59 Å². The second-order valence-corrected chi connectivity index (χ2v) is 5.15. The smallest absolute Gasteiger partial charge is 0.375 e. The van der Waals surface area contributed by atoms with Gasteiger partial charge in [-0.1, -0.05) is 6.07 Å². The molecule has 1 aromatic carbocycles. The summed E-state index contributed by atoms with van der Waals surface area (Å²) in [6, 6.07) is 9.89. The van der Waals surface area contributed by atoms with Crippen LogP contribution in [-0.4, -0.2) is 25.1 Å². The Hall–Kier alpha value is -2.28. The van der Waals surface area contributed by atoms with Crippen LogP contribution in [0.4, 0.5) is 5.69 Å². The van der Waals surface area contributed by atoms with Crippen molar-refractivity contribution < 1.29 is 23.5 Å². The number of esters is 1. The van der Waals surface area contributed by atoms with Crippen molar-refractivity contribution >= 4 is 33.5 Å². The van der Waals surface area contributed by atoms with Crippen molar-refractivity contribution in [3.63, 3.8) is 0 Å². The van der Waals surface area contributed by atoms with E-state index in [1.165, 1.54) is 20.1 Å². The average molecular weight is 368 g/mol. The highest BCUT2D eigenvalue weighted by Gasteiger charge is 2.21. The lowest BCUT2D eigenvalue weighted by Gasteiger charge is -2.13. The molecule has 0 aliphatic heterocycles. The summed E-state index contributed by atoms with van der Waals surface area (Å²) in [5.74, 6) is -0.526. The van der Waals surface area contributed by atoms with Gasteiger partial charge in [0.2, 0.25) is 5.76 Å². The van der Waals surface area contributed by atoms with Gasteiger partial charge in [0, 0.05) is 11.8 Å². The quantitative estimate of drug-likeness (QED) is 0.820. The van der Waals surface area contributed by atoms with Gasteiger partial charge in [0.05, 0.1) is 7.11 Å². The normalized spacial score (nSPS) is 11.6. The number of benzene rings is 1. The number of rotatable bonds is 5. The molecule has 1 unspecified atom stereocenters. The Kier molecular flexibility index (Phi) is 5.21. The number of anilines is 1. The molecule has 116 valence electrons. The number of ether oxygens (including phenoxy) is 2. The molecule has 6 nitrogen and oxygen atoms in total. The third-order valence-corrected chi connectivity index (χ3v) is 3.19. The summed E-state index contributed by atoms with van der Waals surface area (Å²) in [5, 5.41) is 2.64. The molecular weight excluding hydrogens is 354 g/mol. The molecule has 0 aliphatic carbocycles.